The average molecular weight is 456 g/mol. The molecule has 3 atom stereocenters. The molecule has 2 aromatic heterocycles. The first-order valence-corrected chi connectivity index (χ1v) is 10.6. The summed E-state index contributed by atoms with van der Waals surface area (Å²) in [5, 5.41) is 12.1. The van der Waals surface area contributed by atoms with Gasteiger partial charge in [-0.25, -0.2) is 18.2 Å². The van der Waals surface area contributed by atoms with E-state index in [9.17, 15) is 23.1 Å². The van der Waals surface area contributed by atoms with E-state index in [1.165, 1.54) is 6.20 Å². The van der Waals surface area contributed by atoms with Gasteiger partial charge in [0.25, 0.3) is 5.91 Å². The Morgan fingerprint density at radius 3 is 2.52 bits per heavy atom. The van der Waals surface area contributed by atoms with Gasteiger partial charge in [0.15, 0.2) is 0 Å². The highest BCUT2D eigenvalue weighted by atomic mass is 19.1. The van der Waals surface area contributed by atoms with Gasteiger partial charge in [-0.2, -0.15) is 0 Å². The third kappa shape index (κ3) is 4.83. The maximum Gasteiger partial charge on any atom is 0.274 e. The Bertz CT molecular complexity index is 1170. The zero-order valence-corrected chi connectivity index (χ0v) is 17.9. The van der Waals surface area contributed by atoms with Gasteiger partial charge in [0, 0.05) is 24.4 Å². The fourth-order valence-electron chi connectivity index (χ4n) is 4.49. The van der Waals surface area contributed by atoms with Gasteiger partial charge in [0.1, 0.15) is 34.6 Å². The van der Waals surface area contributed by atoms with Crippen LogP contribution >= 0.6 is 0 Å². The number of nitrogens with two attached hydrogens (primary N) is 1. The second-order valence-corrected chi connectivity index (χ2v) is 8.50. The Morgan fingerprint density at radius 2 is 1.82 bits per heavy atom. The minimum Gasteiger partial charge on any atom is -0.508 e. The number of amides is 1. The predicted molar refractivity (Wildman–Crippen MR) is 117 cm³/mol. The van der Waals surface area contributed by atoms with E-state index >= 15 is 0 Å². The standard InChI is InChI=1S/C24H23F3N4O2/c1-12-6-13(8-14(28)7-12)16-4-5-29-11-21(16)31-24(33)20-3-2-17(25)23(30-20)22-18(26)9-15(32)10-19(22)27/h2-5,9-14,32H,6-8,28H2,1H3,(H,31,33)/t12-,13+,14+/m0/s1. The van der Waals surface area contributed by atoms with Gasteiger partial charge in [0.2, 0.25) is 0 Å². The molecule has 1 fully saturated rings. The number of carbonyl (C=O) groups excluding carboxylic acids is 1. The van der Waals surface area contributed by atoms with E-state index in [1.807, 2.05) is 6.07 Å². The summed E-state index contributed by atoms with van der Waals surface area (Å²) in [7, 11) is 0. The highest BCUT2D eigenvalue weighted by Gasteiger charge is 2.28. The van der Waals surface area contributed by atoms with Gasteiger partial charge in [-0.1, -0.05) is 6.92 Å². The molecule has 4 N–H and O–H groups in total. The summed E-state index contributed by atoms with van der Waals surface area (Å²) < 4.78 is 42.9. The number of nitrogens with zero attached hydrogens (tertiary/aromatic N) is 2. The molecular weight excluding hydrogens is 433 g/mol. The minimum atomic E-state index is -1.20. The topological polar surface area (TPSA) is 101 Å². The Balaban J connectivity index is 1.64. The monoisotopic (exact) mass is 456 g/mol. The number of aromatic hydroxyl groups is 1. The number of hydrogen-bond acceptors (Lipinski definition) is 5. The fraction of sp³-hybridized carbons (Fsp3) is 0.292. The van der Waals surface area contributed by atoms with E-state index in [2.05, 4.69) is 22.2 Å². The van der Waals surface area contributed by atoms with E-state index in [0.29, 0.717) is 23.7 Å². The molecule has 1 saturated carbocycles. The Hall–Kier alpha value is -3.46. The van der Waals surface area contributed by atoms with Crippen molar-refractivity contribution >= 4 is 11.6 Å². The molecular formula is C24H23F3N4O2. The SMILES string of the molecule is C[C@@H]1C[C@@H](N)C[C@H](c2ccncc2NC(=O)c2ccc(F)c(-c3c(F)cc(O)cc3F)n2)C1. The number of hydrogen-bond donors (Lipinski definition) is 3. The predicted octanol–water partition coefficient (Wildman–Crippen LogP) is 4.75. The largest absolute Gasteiger partial charge is 0.508 e. The second kappa shape index (κ2) is 9.19. The van der Waals surface area contributed by atoms with Gasteiger partial charge in [0.05, 0.1) is 17.4 Å². The van der Waals surface area contributed by atoms with E-state index in [1.54, 1.807) is 6.20 Å². The van der Waals surface area contributed by atoms with Crippen LogP contribution in [0, 0.1) is 23.4 Å². The molecule has 0 spiro atoms. The van der Waals surface area contributed by atoms with Crippen molar-refractivity contribution in [2.24, 2.45) is 11.7 Å². The van der Waals surface area contributed by atoms with Crippen LogP contribution in [0.4, 0.5) is 18.9 Å². The molecule has 33 heavy (non-hydrogen) atoms. The van der Waals surface area contributed by atoms with E-state index in [4.69, 9.17) is 5.73 Å². The number of phenols is 1. The number of rotatable bonds is 4. The van der Waals surface area contributed by atoms with Gasteiger partial charge >= 0.3 is 0 Å². The number of pyridine rings is 2. The quantitative estimate of drug-likeness (QED) is 0.526. The summed E-state index contributed by atoms with van der Waals surface area (Å²) in [6, 6.07) is 5.21. The second-order valence-electron chi connectivity index (χ2n) is 8.50. The molecule has 0 saturated heterocycles. The smallest absolute Gasteiger partial charge is 0.274 e. The molecule has 1 aliphatic carbocycles. The van der Waals surface area contributed by atoms with Crippen LogP contribution in [0.3, 0.4) is 0 Å². The van der Waals surface area contributed by atoms with Crippen molar-refractivity contribution in [1.82, 2.24) is 9.97 Å². The van der Waals surface area contributed by atoms with Crippen LogP contribution in [0.2, 0.25) is 0 Å². The molecule has 0 radical (unpaired) electrons. The van der Waals surface area contributed by atoms with E-state index in [0.717, 1.165) is 37.0 Å². The number of carbonyl (C=O) groups is 1. The van der Waals surface area contributed by atoms with Crippen molar-refractivity contribution in [1.29, 1.82) is 0 Å². The molecule has 1 aromatic carbocycles. The van der Waals surface area contributed by atoms with Crippen LogP contribution in [0.15, 0.2) is 42.7 Å². The molecule has 9 heteroatoms. The van der Waals surface area contributed by atoms with E-state index < -0.39 is 40.4 Å². The third-order valence-electron chi connectivity index (χ3n) is 5.86. The number of phenolic OH excluding ortho intramolecular Hbond substituents is 1. The van der Waals surface area contributed by atoms with Crippen molar-refractivity contribution < 1.29 is 23.1 Å². The number of aromatic nitrogens is 2. The number of benzene rings is 1. The lowest BCUT2D eigenvalue weighted by Crippen LogP contribution is -2.31. The summed E-state index contributed by atoms with van der Waals surface area (Å²) in [6.07, 6.45) is 5.78. The summed E-state index contributed by atoms with van der Waals surface area (Å²) in [4.78, 5) is 20.9. The number of anilines is 1. The van der Waals surface area contributed by atoms with Crippen molar-refractivity contribution in [2.45, 2.75) is 38.1 Å². The van der Waals surface area contributed by atoms with Crippen molar-refractivity contribution in [3.8, 4) is 17.0 Å². The molecule has 0 aliphatic heterocycles. The molecule has 3 aromatic rings. The maximum absolute atomic E-state index is 14.4. The fourth-order valence-corrected chi connectivity index (χ4v) is 4.49. The third-order valence-corrected chi connectivity index (χ3v) is 5.86. The van der Waals surface area contributed by atoms with Gasteiger partial charge in [-0.3, -0.25) is 9.78 Å². The summed E-state index contributed by atoms with van der Waals surface area (Å²) in [6.45, 7) is 2.14. The zero-order chi connectivity index (χ0) is 23.7. The lowest BCUT2D eigenvalue weighted by atomic mass is 9.76. The van der Waals surface area contributed by atoms with Crippen molar-refractivity contribution in [2.75, 3.05) is 5.32 Å². The van der Waals surface area contributed by atoms with Crippen LogP contribution in [0.1, 0.15) is 48.2 Å². The summed E-state index contributed by atoms with van der Waals surface area (Å²) >= 11 is 0. The van der Waals surface area contributed by atoms with Gasteiger partial charge < -0.3 is 16.2 Å². The molecule has 1 amide bonds. The zero-order valence-electron chi connectivity index (χ0n) is 17.9. The molecule has 4 rings (SSSR count). The number of halogens is 3. The lowest BCUT2D eigenvalue weighted by molar-refractivity contribution is 0.102. The molecule has 172 valence electrons. The van der Waals surface area contributed by atoms with E-state index in [-0.39, 0.29) is 17.7 Å². The normalized spacial score (nSPS) is 20.5. The molecule has 1 aliphatic rings. The molecule has 0 unspecified atom stereocenters. The first-order valence-electron chi connectivity index (χ1n) is 10.6. The average Bonchev–Trinajstić information content (AvgIpc) is 2.74. The lowest BCUT2D eigenvalue weighted by Gasteiger charge is -2.32. The van der Waals surface area contributed by atoms with Gasteiger partial charge in [-0.15, -0.1) is 0 Å². The van der Waals surface area contributed by atoms with Gasteiger partial charge in [-0.05, 0) is 54.9 Å². The Kier molecular flexibility index (Phi) is 6.33. The minimum absolute atomic E-state index is 0.0619. The molecule has 6 nitrogen and oxygen atoms in total. The highest BCUT2D eigenvalue weighted by molar-refractivity contribution is 6.03. The maximum atomic E-state index is 14.4. The van der Waals surface area contributed by atoms with Crippen LogP contribution in [0.25, 0.3) is 11.3 Å². The van der Waals surface area contributed by atoms with Crippen LogP contribution in [0.5, 0.6) is 5.75 Å². The van der Waals surface area contributed by atoms with Crippen molar-refractivity contribution in [3.05, 3.63) is 71.4 Å². The van der Waals surface area contributed by atoms with Crippen LogP contribution in [-0.4, -0.2) is 27.0 Å². The van der Waals surface area contributed by atoms with Crippen LogP contribution < -0.4 is 11.1 Å². The molecule has 0 bridgehead atoms. The highest BCUT2D eigenvalue weighted by Crippen LogP contribution is 2.38. The first kappa shape index (κ1) is 22.7. The Morgan fingerprint density at radius 1 is 1.09 bits per heavy atom. The first-order chi connectivity index (χ1) is 15.7. The Labute approximate surface area is 188 Å². The van der Waals surface area contributed by atoms with Crippen molar-refractivity contribution in [3.63, 3.8) is 0 Å². The summed E-state index contributed by atoms with van der Waals surface area (Å²) in [5.74, 6) is -4.17. The summed E-state index contributed by atoms with van der Waals surface area (Å²) in [5.41, 5.74) is 5.88. The number of nitrogens with one attached hydrogen (secondary N) is 1. The molecule has 2 heterocycles. The van der Waals surface area contributed by atoms with Crippen LogP contribution in [-0.2, 0) is 0 Å².